The van der Waals surface area contributed by atoms with Gasteiger partial charge < -0.3 is 9.64 Å². The standard InChI is InChI=1S/C21H23N3O3S2/c1-27-16-17-5-4-6-18(15-17)19-7-2-3-8-20(19)29(25,26)24-12-10-23(11-13-24)21-22-9-14-28-21/h2-9,14-15H,10-13,16H2,1H3. The van der Waals surface area contributed by atoms with Crippen molar-refractivity contribution in [3.63, 3.8) is 0 Å². The van der Waals surface area contributed by atoms with Crippen molar-refractivity contribution in [3.8, 4) is 11.1 Å². The lowest BCUT2D eigenvalue weighted by atomic mass is 10.0. The number of hydrogen-bond acceptors (Lipinski definition) is 6. The van der Waals surface area contributed by atoms with Gasteiger partial charge in [-0.1, -0.05) is 36.4 Å². The lowest BCUT2D eigenvalue weighted by molar-refractivity contribution is 0.185. The molecule has 0 radical (unpaired) electrons. The summed E-state index contributed by atoms with van der Waals surface area (Å²) in [7, 11) is -1.95. The van der Waals surface area contributed by atoms with Crippen LogP contribution in [0.3, 0.4) is 0 Å². The van der Waals surface area contributed by atoms with Crippen LogP contribution < -0.4 is 4.90 Å². The fourth-order valence-electron chi connectivity index (χ4n) is 3.56. The topological polar surface area (TPSA) is 62.7 Å². The second-order valence-corrected chi connectivity index (χ2v) is 9.61. The molecule has 3 aromatic rings. The molecule has 2 heterocycles. The Bertz CT molecular complexity index is 1060. The second-order valence-electron chi connectivity index (χ2n) is 6.84. The third-order valence-electron chi connectivity index (χ3n) is 4.98. The van der Waals surface area contributed by atoms with Crippen LogP contribution in [0.4, 0.5) is 5.13 Å². The lowest BCUT2D eigenvalue weighted by Gasteiger charge is -2.34. The molecule has 0 amide bonds. The first-order chi connectivity index (χ1) is 14.1. The predicted molar refractivity (Wildman–Crippen MR) is 116 cm³/mol. The summed E-state index contributed by atoms with van der Waals surface area (Å²) < 4.78 is 33.7. The summed E-state index contributed by atoms with van der Waals surface area (Å²) in [4.78, 5) is 6.81. The predicted octanol–water partition coefficient (Wildman–Crippen LogP) is 3.47. The van der Waals surface area contributed by atoms with E-state index >= 15 is 0 Å². The van der Waals surface area contributed by atoms with Gasteiger partial charge in [0.15, 0.2) is 5.13 Å². The van der Waals surface area contributed by atoms with Crippen molar-refractivity contribution < 1.29 is 13.2 Å². The molecular formula is C21H23N3O3S2. The zero-order valence-electron chi connectivity index (χ0n) is 16.2. The summed E-state index contributed by atoms with van der Waals surface area (Å²) in [6.45, 7) is 2.65. The van der Waals surface area contributed by atoms with Gasteiger partial charge >= 0.3 is 0 Å². The van der Waals surface area contributed by atoms with E-state index in [4.69, 9.17) is 4.74 Å². The molecule has 1 fully saturated rings. The van der Waals surface area contributed by atoms with Crippen molar-refractivity contribution >= 4 is 26.5 Å². The van der Waals surface area contributed by atoms with Crippen LogP contribution in [0, 0.1) is 0 Å². The number of sulfonamides is 1. The van der Waals surface area contributed by atoms with Gasteiger partial charge in [-0.25, -0.2) is 13.4 Å². The van der Waals surface area contributed by atoms with Crippen LogP contribution >= 0.6 is 11.3 Å². The first kappa shape index (κ1) is 20.0. The van der Waals surface area contributed by atoms with Gasteiger partial charge in [-0.2, -0.15) is 4.31 Å². The maximum atomic E-state index is 13.5. The Labute approximate surface area is 175 Å². The number of rotatable bonds is 6. The number of piperazine rings is 1. The van der Waals surface area contributed by atoms with Crippen LogP contribution in [0.5, 0.6) is 0 Å². The van der Waals surface area contributed by atoms with Gasteiger partial charge in [-0.15, -0.1) is 11.3 Å². The SMILES string of the molecule is COCc1cccc(-c2ccccc2S(=O)(=O)N2CCN(c3nccs3)CC2)c1. The first-order valence-corrected chi connectivity index (χ1v) is 11.7. The quantitative estimate of drug-likeness (QED) is 0.600. The van der Waals surface area contributed by atoms with Crippen LogP contribution in [0.1, 0.15) is 5.56 Å². The van der Waals surface area contributed by atoms with Crippen molar-refractivity contribution in [2.24, 2.45) is 0 Å². The summed E-state index contributed by atoms with van der Waals surface area (Å²) in [5.41, 5.74) is 2.60. The normalized spacial score (nSPS) is 15.6. The summed E-state index contributed by atoms with van der Waals surface area (Å²) >= 11 is 1.58. The van der Waals surface area contributed by atoms with E-state index in [-0.39, 0.29) is 0 Å². The van der Waals surface area contributed by atoms with E-state index in [1.165, 1.54) is 0 Å². The molecule has 152 valence electrons. The Balaban J connectivity index is 1.61. The Morgan fingerprint density at radius 2 is 1.86 bits per heavy atom. The number of methoxy groups -OCH3 is 1. The van der Waals surface area contributed by atoms with Gasteiger partial charge in [-0.05, 0) is 23.3 Å². The minimum atomic E-state index is -3.60. The second kappa shape index (κ2) is 8.62. The molecule has 0 saturated carbocycles. The minimum absolute atomic E-state index is 0.345. The van der Waals surface area contributed by atoms with Crippen molar-refractivity contribution in [1.82, 2.24) is 9.29 Å². The molecule has 0 spiro atoms. The molecule has 0 unspecified atom stereocenters. The molecule has 1 aliphatic heterocycles. The lowest BCUT2D eigenvalue weighted by Crippen LogP contribution is -2.48. The van der Waals surface area contributed by atoms with Crippen LogP contribution in [0.25, 0.3) is 11.1 Å². The zero-order valence-corrected chi connectivity index (χ0v) is 17.8. The molecule has 2 aromatic carbocycles. The van der Waals surface area contributed by atoms with E-state index < -0.39 is 10.0 Å². The molecular weight excluding hydrogens is 406 g/mol. The van der Waals surface area contributed by atoms with Gasteiger partial charge in [0, 0.05) is 50.4 Å². The van der Waals surface area contributed by atoms with Crippen molar-refractivity contribution in [2.45, 2.75) is 11.5 Å². The summed E-state index contributed by atoms with van der Waals surface area (Å²) in [5, 5.41) is 2.88. The average molecular weight is 430 g/mol. The Hall–Kier alpha value is -2.26. The Kier molecular flexibility index (Phi) is 5.96. The van der Waals surface area contributed by atoms with Crippen LogP contribution in [-0.2, 0) is 21.4 Å². The molecule has 1 saturated heterocycles. The molecule has 1 aromatic heterocycles. The minimum Gasteiger partial charge on any atom is -0.380 e. The molecule has 0 atom stereocenters. The fraction of sp³-hybridized carbons (Fsp3) is 0.286. The number of nitrogens with zero attached hydrogens (tertiary/aromatic N) is 3. The van der Waals surface area contributed by atoms with E-state index in [2.05, 4.69) is 9.88 Å². The van der Waals surface area contributed by atoms with E-state index in [1.54, 1.807) is 41.1 Å². The van der Waals surface area contributed by atoms with Gasteiger partial charge in [0.25, 0.3) is 0 Å². The van der Waals surface area contributed by atoms with Crippen molar-refractivity contribution in [2.75, 3.05) is 38.2 Å². The van der Waals surface area contributed by atoms with E-state index in [9.17, 15) is 8.42 Å². The molecule has 0 aliphatic carbocycles. The molecule has 4 rings (SSSR count). The van der Waals surface area contributed by atoms with Crippen LogP contribution in [0.2, 0.25) is 0 Å². The highest BCUT2D eigenvalue weighted by Gasteiger charge is 2.31. The van der Waals surface area contributed by atoms with Crippen molar-refractivity contribution in [1.29, 1.82) is 0 Å². The number of anilines is 1. The van der Waals surface area contributed by atoms with E-state index in [1.807, 2.05) is 41.8 Å². The van der Waals surface area contributed by atoms with E-state index in [0.717, 1.165) is 16.3 Å². The molecule has 0 N–H and O–H groups in total. The first-order valence-electron chi connectivity index (χ1n) is 9.41. The highest BCUT2D eigenvalue weighted by atomic mass is 32.2. The third kappa shape index (κ3) is 4.20. The van der Waals surface area contributed by atoms with Crippen LogP contribution in [-0.4, -0.2) is 51.0 Å². The molecule has 6 nitrogen and oxygen atoms in total. The summed E-state index contributed by atoms with van der Waals surface area (Å²) in [5.74, 6) is 0. The fourth-order valence-corrected chi connectivity index (χ4v) is 5.89. The molecule has 8 heteroatoms. The molecule has 0 bridgehead atoms. The molecule has 1 aliphatic rings. The number of benzene rings is 2. The highest BCUT2D eigenvalue weighted by Crippen LogP contribution is 2.31. The summed E-state index contributed by atoms with van der Waals surface area (Å²) in [6.07, 6.45) is 1.77. The Morgan fingerprint density at radius 1 is 1.07 bits per heavy atom. The van der Waals surface area contributed by atoms with Crippen LogP contribution in [0.15, 0.2) is 65.0 Å². The van der Waals surface area contributed by atoms with Gasteiger partial charge in [0.05, 0.1) is 11.5 Å². The maximum absolute atomic E-state index is 13.5. The number of ether oxygens (including phenoxy) is 1. The largest absolute Gasteiger partial charge is 0.380 e. The highest BCUT2D eigenvalue weighted by molar-refractivity contribution is 7.89. The Morgan fingerprint density at radius 3 is 2.59 bits per heavy atom. The molecule has 29 heavy (non-hydrogen) atoms. The number of aromatic nitrogens is 1. The monoisotopic (exact) mass is 429 g/mol. The van der Waals surface area contributed by atoms with E-state index in [0.29, 0.717) is 43.2 Å². The number of hydrogen-bond donors (Lipinski definition) is 0. The number of thiazole rings is 1. The third-order valence-corrected chi connectivity index (χ3v) is 7.77. The average Bonchev–Trinajstić information content (AvgIpc) is 3.29. The smallest absolute Gasteiger partial charge is 0.243 e. The van der Waals surface area contributed by atoms with Gasteiger partial charge in [0.2, 0.25) is 10.0 Å². The van der Waals surface area contributed by atoms with Gasteiger partial charge in [0.1, 0.15) is 0 Å². The van der Waals surface area contributed by atoms with Gasteiger partial charge in [-0.3, -0.25) is 0 Å². The zero-order chi connectivity index (χ0) is 20.3. The maximum Gasteiger partial charge on any atom is 0.243 e. The summed E-state index contributed by atoms with van der Waals surface area (Å²) in [6, 6.07) is 15.0. The van der Waals surface area contributed by atoms with Crippen molar-refractivity contribution in [3.05, 3.63) is 65.7 Å².